The molecule has 2 atom stereocenters. The molecular formula is C23H32O5. The molecule has 1 saturated carbocycles. The summed E-state index contributed by atoms with van der Waals surface area (Å²) in [6.45, 7) is 13.9. The molecule has 0 heterocycles. The van der Waals surface area contributed by atoms with Crippen molar-refractivity contribution in [2.24, 2.45) is 28.6 Å². The first-order chi connectivity index (χ1) is 13.0. The lowest BCUT2D eigenvalue weighted by atomic mass is 9.63. The van der Waals surface area contributed by atoms with Crippen LogP contribution in [-0.2, 0) is 23.9 Å². The van der Waals surface area contributed by atoms with Crippen LogP contribution >= 0.6 is 0 Å². The third kappa shape index (κ3) is 3.05. The molecule has 1 spiro atoms. The molecule has 0 amide bonds. The van der Waals surface area contributed by atoms with Gasteiger partial charge in [0, 0.05) is 11.0 Å². The van der Waals surface area contributed by atoms with Gasteiger partial charge in [0.15, 0.2) is 11.2 Å². The fourth-order valence-electron chi connectivity index (χ4n) is 5.06. The van der Waals surface area contributed by atoms with Crippen LogP contribution in [0.15, 0.2) is 35.5 Å². The Hall–Kier alpha value is -2.17. The van der Waals surface area contributed by atoms with Crippen LogP contribution < -0.4 is 0 Å². The van der Waals surface area contributed by atoms with Crippen LogP contribution in [-0.4, -0.2) is 31.9 Å². The molecule has 2 aliphatic rings. The molecule has 154 valence electrons. The molecule has 0 aromatic rings. The Labute approximate surface area is 167 Å². The van der Waals surface area contributed by atoms with Crippen LogP contribution in [0, 0.1) is 28.6 Å². The van der Waals surface area contributed by atoms with E-state index < -0.39 is 22.8 Å². The van der Waals surface area contributed by atoms with Gasteiger partial charge in [-0.15, -0.1) is 6.58 Å². The highest BCUT2D eigenvalue weighted by molar-refractivity contribution is 6.11. The van der Waals surface area contributed by atoms with Crippen molar-refractivity contribution < 1.29 is 23.9 Å². The summed E-state index contributed by atoms with van der Waals surface area (Å²) >= 11 is 0. The van der Waals surface area contributed by atoms with Crippen LogP contribution in [0.5, 0.6) is 0 Å². The largest absolute Gasteiger partial charge is 0.468 e. The zero-order chi connectivity index (χ0) is 21.4. The van der Waals surface area contributed by atoms with Crippen molar-refractivity contribution in [3.63, 3.8) is 0 Å². The number of hydrogen-bond acceptors (Lipinski definition) is 5. The van der Waals surface area contributed by atoms with E-state index >= 15 is 0 Å². The predicted molar refractivity (Wildman–Crippen MR) is 107 cm³/mol. The maximum atomic E-state index is 13.2. The maximum absolute atomic E-state index is 13.2. The molecular weight excluding hydrogens is 356 g/mol. The van der Waals surface area contributed by atoms with Gasteiger partial charge >= 0.3 is 11.9 Å². The molecule has 0 N–H and O–H groups in total. The van der Waals surface area contributed by atoms with Crippen LogP contribution in [0.25, 0.3) is 0 Å². The van der Waals surface area contributed by atoms with Crippen molar-refractivity contribution in [2.45, 2.75) is 47.5 Å². The zero-order valence-electron chi connectivity index (χ0n) is 18.0. The van der Waals surface area contributed by atoms with Crippen molar-refractivity contribution in [1.82, 2.24) is 0 Å². The summed E-state index contributed by atoms with van der Waals surface area (Å²) in [4.78, 5) is 38.7. The zero-order valence-corrected chi connectivity index (χ0v) is 18.0. The average Bonchev–Trinajstić information content (AvgIpc) is 2.99. The summed E-state index contributed by atoms with van der Waals surface area (Å²) in [5.74, 6) is -1.27. The lowest BCUT2D eigenvalue weighted by Gasteiger charge is -2.40. The molecule has 0 aliphatic heterocycles. The highest BCUT2D eigenvalue weighted by Crippen LogP contribution is 2.61. The van der Waals surface area contributed by atoms with E-state index in [9.17, 15) is 14.4 Å². The van der Waals surface area contributed by atoms with E-state index in [1.807, 2.05) is 40.7 Å². The van der Waals surface area contributed by atoms with Gasteiger partial charge in [-0.25, -0.2) is 0 Å². The van der Waals surface area contributed by atoms with Gasteiger partial charge in [0.05, 0.1) is 14.2 Å². The molecule has 2 aliphatic carbocycles. The van der Waals surface area contributed by atoms with Gasteiger partial charge in [0.25, 0.3) is 0 Å². The van der Waals surface area contributed by atoms with Gasteiger partial charge in [-0.3, -0.25) is 14.4 Å². The lowest BCUT2D eigenvalue weighted by Crippen LogP contribution is -2.41. The minimum Gasteiger partial charge on any atom is -0.468 e. The third-order valence-corrected chi connectivity index (χ3v) is 6.48. The summed E-state index contributed by atoms with van der Waals surface area (Å²) in [6, 6.07) is 0. The van der Waals surface area contributed by atoms with E-state index in [0.29, 0.717) is 0 Å². The number of methoxy groups -OCH3 is 2. The van der Waals surface area contributed by atoms with Crippen molar-refractivity contribution in [3.05, 3.63) is 35.5 Å². The fourth-order valence-corrected chi connectivity index (χ4v) is 5.06. The number of carbonyl (C=O) groups is 3. The topological polar surface area (TPSA) is 69.7 Å². The Morgan fingerprint density at radius 2 is 1.68 bits per heavy atom. The van der Waals surface area contributed by atoms with Crippen molar-refractivity contribution in [2.75, 3.05) is 14.2 Å². The number of esters is 2. The smallest absolute Gasteiger partial charge is 0.323 e. The second kappa shape index (κ2) is 7.69. The van der Waals surface area contributed by atoms with Crippen LogP contribution in [0.1, 0.15) is 47.5 Å². The maximum Gasteiger partial charge on any atom is 0.323 e. The van der Waals surface area contributed by atoms with E-state index in [1.165, 1.54) is 14.2 Å². The Balaban J connectivity index is 2.81. The van der Waals surface area contributed by atoms with Crippen molar-refractivity contribution in [1.29, 1.82) is 0 Å². The number of hydrogen-bond donors (Lipinski definition) is 0. The van der Waals surface area contributed by atoms with E-state index in [-0.39, 0.29) is 36.4 Å². The second-order valence-corrected chi connectivity index (χ2v) is 8.61. The van der Waals surface area contributed by atoms with Gasteiger partial charge < -0.3 is 9.47 Å². The predicted octanol–water partition coefficient (Wildman–Crippen LogP) is 4.04. The molecule has 5 nitrogen and oxygen atoms in total. The number of ketones is 1. The summed E-state index contributed by atoms with van der Waals surface area (Å²) in [6.07, 6.45) is 4.23. The molecule has 2 rings (SSSR count). The van der Waals surface area contributed by atoms with Crippen LogP contribution in [0.3, 0.4) is 0 Å². The molecule has 0 aromatic carbocycles. The summed E-state index contributed by atoms with van der Waals surface area (Å²) in [5.41, 5.74) is 0.355. The Morgan fingerprint density at radius 1 is 1.14 bits per heavy atom. The molecule has 0 saturated heterocycles. The Morgan fingerprint density at radius 3 is 2.07 bits per heavy atom. The molecule has 0 bridgehead atoms. The molecule has 2 unspecified atom stereocenters. The highest BCUT2D eigenvalue weighted by Gasteiger charge is 2.63. The van der Waals surface area contributed by atoms with Gasteiger partial charge in [0.2, 0.25) is 0 Å². The monoisotopic (exact) mass is 388 g/mol. The first-order valence-corrected chi connectivity index (χ1v) is 9.80. The fraction of sp³-hybridized carbons (Fsp3) is 0.609. The Bertz CT molecular complexity index is 752. The van der Waals surface area contributed by atoms with Gasteiger partial charge in [-0.1, -0.05) is 45.4 Å². The first-order valence-electron chi connectivity index (χ1n) is 9.80. The van der Waals surface area contributed by atoms with E-state index in [4.69, 9.17) is 9.47 Å². The molecule has 1 fully saturated rings. The number of allylic oxidation sites excluding steroid dienone is 5. The van der Waals surface area contributed by atoms with Crippen LogP contribution in [0.4, 0.5) is 0 Å². The lowest BCUT2D eigenvalue weighted by molar-refractivity contribution is -0.169. The molecule has 5 heteroatoms. The summed E-state index contributed by atoms with van der Waals surface area (Å²) < 4.78 is 10.0. The first kappa shape index (κ1) is 22.1. The minimum atomic E-state index is -1.41. The quantitative estimate of drug-likeness (QED) is 0.404. The van der Waals surface area contributed by atoms with E-state index in [1.54, 1.807) is 6.08 Å². The number of ether oxygens (including phenoxy) is 2. The normalized spacial score (nSPS) is 26.7. The van der Waals surface area contributed by atoms with E-state index in [0.717, 1.165) is 16.7 Å². The van der Waals surface area contributed by atoms with Crippen LogP contribution in [0.2, 0.25) is 0 Å². The molecule has 0 radical (unpaired) electrons. The third-order valence-electron chi connectivity index (χ3n) is 6.48. The van der Waals surface area contributed by atoms with Crippen molar-refractivity contribution in [3.8, 4) is 0 Å². The average molecular weight is 389 g/mol. The number of rotatable bonds is 5. The SMILES string of the molecule is C=CC1CC(C(=O)OC)(C(=O)OC)CC12C=C(C(C)C)C(=O)C(C(C)C)=C2C. The van der Waals surface area contributed by atoms with Gasteiger partial charge in [-0.05, 0) is 43.1 Å². The molecule has 0 aromatic heterocycles. The highest BCUT2D eigenvalue weighted by atomic mass is 16.5. The van der Waals surface area contributed by atoms with Gasteiger partial charge in [-0.2, -0.15) is 0 Å². The van der Waals surface area contributed by atoms with Crippen molar-refractivity contribution >= 4 is 17.7 Å². The number of Topliss-reactive ketones (excluding diaryl/α,β-unsaturated/α-hetero) is 1. The summed E-state index contributed by atoms with van der Waals surface area (Å²) in [5, 5.41) is 0. The van der Waals surface area contributed by atoms with Gasteiger partial charge in [0.1, 0.15) is 0 Å². The minimum absolute atomic E-state index is 0.0305. The van der Waals surface area contributed by atoms with E-state index in [2.05, 4.69) is 6.58 Å². The summed E-state index contributed by atoms with van der Waals surface area (Å²) in [7, 11) is 2.56. The Kier molecular flexibility index (Phi) is 6.07. The number of carbonyl (C=O) groups excluding carboxylic acids is 3. The molecule has 28 heavy (non-hydrogen) atoms. The standard InChI is InChI=1S/C23H32O5/c1-9-16-10-23(20(25)27-7,21(26)28-8)12-22(16)11-17(13(2)3)19(24)18(14(4)5)15(22)6/h9,11,13-14,16H,1,10,12H2,2-8H3. The second-order valence-electron chi connectivity index (χ2n) is 8.61.